The number of carbonyl (C=O) groups excluding carboxylic acids is 1. The quantitative estimate of drug-likeness (QED) is 0.299. The number of ketones is 1. The van der Waals surface area contributed by atoms with E-state index in [1.165, 1.54) is 18.2 Å². The zero-order valence-corrected chi connectivity index (χ0v) is 13.1. The summed E-state index contributed by atoms with van der Waals surface area (Å²) in [6, 6.07) is 15.7. The fourth-order valence-corrected chi connectivity index (χ4v) is 2.22. The number of rotatable bonds is 6. The summed E-state index contributed by atoms with van der Waals surface area (Å²) in [5, 5.41) is 18.5. The summed E-state index contributed by atoms with van der Waals surface area (Å²) in [4.78, 5) is 22.3. The van der Waals surface area contributed by atoms with Crippen LogP contribution >= 0.6 is 0 Å². The van der Waals surface area contributed by atoms with Gasteiger partial charge < -0.3 is 0 Å². The van der Waals surface area contributed by atoms with E-state index >= 15 is 0 Å². The van der Waals surface area contributed by atoms with E-state index in [1.54, 1.807) is 29.1 Å². The normalized spacial score (nSPS) is 10.9. The highest BCUT2D eigenvalue weighted by molar-refractivity contribution is 6.05. The summed E-state index contributed by atoms with van der Waals surface area (Å²) in [6.07, 6.45) is 4.55. The molecule has 7 heteroatoms. The maximum absolute atomic E-state index is 12.1. The van der Waals surface area contributed by atoms with Gasteiger partial charge in [0.25, 0.3) is 5.69 Å². The van der Waals surface area contributed by atoms with E-state index in [9.17, 15) is 14.9 Å². The molecule has 0 fully saturated rings. The molecule has 0 saturated heterocycles. The molecule has 2 aromatic carbocycles. The summed E-state index contributed by atoms with van der Waals surface area (Å²) in [5.41, 5.74) is 2.00. The Bertz CT molecular complexity index is 915. The standard InChI is InChI=1S/C18H14N4O3/c23-18(11-8-14-6-9-16(10-7-14)22(24)25)17-13-21(20-19-17)12-15-4-2-1-3-5-15/h1-11,13H,12H2. The lowest BCUT2D eigenvalue weighted by Gasteiger charge is -1.99. The first-order valence-corrected chi connectivity index (χ1v) is 7.53. The Balaban J connectivity index is 1.66. The molecular weight excluding hydrogens is 320 g/mol. The Morgan fingerprint density at radius 3 is 2.52 bits per heavy atom. The van der Waals surface area contributed by atoms with Crippen LogP contribution in [0.25, 0.3) is 6.08 Å². The van der Waals surface area contributed by atoms with E-state index < -0.39 is 4.92 Å². The van der Waals surface area contributed by atoms with Crippen LogP contribution in [0.4, 0.5) is 5.69 Å². The lowest BCUT2D eigenvalue weighted by molar-refractivity contribution is -0.384. The SMILES string of the molecule is O=C(C=Cc1ccc([N+](=O)[O-])cc1)c1cn(Cc2ccccc2)nn1. The molecule has 0 amide bonds. The van der Waals surface area contributed by atoms with E-state index in [4.69, 9.17) is 0 Å². The molecule has 0 unspecified atom stereocenters. The van der Waals surface area contributed by atoms with Gasteiger partial charge in [-0.15, -0.1) is 5.10 Å². The first-order chi connectivity index (χ1) is 12.1. The molecule has 1 aromatic heterocycles. The number of carbonyl (C=O) groups is 1. The number of nitro benzene ring substituents is 1. The number of nitrogens with zero attached hydrogens (tertiary/aromatic N) is 4. The van der Waals surface area contributed by atoms with E-state index in [0.29, 0.717) is 12.1 Å². The van der Waals surface area contributed by atoms with Crippen LogP contribution in [0.1, 0.15) is 21.6 Å². The lowest BCUT2D eigenvalue weighted by atomic mass is 10.1. The summed E-state index contributed by atoms with van der Waals surface area (Å²) in [6.45, 7) is 0.535. The maximum Gasteiger partial charge on any atom is 0.269 e. The molecular formula is C18H14N4O3. The van der Waals surface area contributed by atoms with Crippen LogP contribution in [-0.2, 0) is 6.54 Å². The van der Waals surface area contributed by atoms with Crippen molar-refractivity contribution in [3.8, 4) is 0 Å². The van der Waals surface area contributed by atoms with E-state index in [2.05, 4.69) is 10.3 Å². The molecule has 0 aliphatic heterocycles. The molecule has 0 aliphatic carbocycles. The highest BCUT2D eigenvalue weighted by atomic mass is 16.6. The van der Waals surface area contributed by atoms with Crippen molar-refractivity contribution in [3.05, 3.63) is 93.8 Å². The average molecular weight is 334 g/mol. The minimum absolute atomic E-state index is 0.00679. The molecule has 7 nitrogen and oxygen atoms in total. The van der Waals surface area contributed by atoms with Gasteiger partial charge in [0, 0.05) is 12.1 Å². The van der Waals surface area contributed by atoms with Crippen LogP contribution in [-0.4, -0.2) is 25.7 Å². The van der Waals surface area contributed by atoms with Crippen molar-refractivity contribution in [2.75, 3.05) is 0 Å². The molecule has 0 bridgehead atoms. The van der Waals surface area contributed by atoms with Crippen LogP contribution in [0.5, 0.6) is 0 Å². The minimum Gasteiger partial charge on any atom is -0.287 e. The third kappa shape index (κ3) is 4.23. The van der Waals surface area contributed by atoms with Crippen molar-refractivity contribution in [1.82, 2.24) is 15.0 Å². The highest BCUT2D eigenvalue weighted by Crippen LogP contribution is 2.13. The zero-order valence-electron chi connectivity index (χ0n) is 13.1. The molecule has 124 valence electrons. The van der Waals surface area contributed by atoms with Crippen LogP contribution in [0.3, 0.4) is 0 Å². The molecule has 0 N–H and O–H groups in total. The molecule has 0 spiro atoms. The Morgan fingerprint density at radius 2 is 1.84 bits per heavy atom. The molecule has 0 aliphatic rings. The average Bonchev–Trinajstić information content (AvgIpc) is 3.09. The van der Waals surface area contributed by atoms with Crippen LogP contribution in [0, 0.1) is 10.1 Å². The van der Waals surface area contributed by atoms with E-state index in [1.807, 2.05) is 30.3 Å². The van der Waals surface area contributed by atoms with Crippen molar-refractivity contribution in [1.29, 1.82) is 0 Å². The van der Waals surface area contributed by atoms with Gasteiger partial charge in [0.15, 0.2) is 5.69 Å². The first-order valence-electron chi connectivity index (χ1n) is 7.53. The van der Waals surface area contributed by atoms with Crippen molar-refractivity contribution >= 4 is 17.5 Å². The van der Waals surface area contributed by atoms with Gasteiger partial charge in [-0.3, -0.25) is 14.9 Å². The molecule has 0 radical (unpaired) electrons. The third-order valence-electron chi connectivity index (χ3n) is 3.51. The Labute approximate surface area is 143 Å². The van der Waals surface area contributed by atoms with E-state index in [0.717, 1.165) is 5.56 Å². The van der Waals surface area contributed by atoms with Gasteiger partial charge in [0.2, 0.25) is 5.78 Å². The fourth-order valence-electron chi connectivity index (χ4n) is 2.22. The Kier molecular flexibility index (Phi) is 4.75. The minimum atomic E-state index is -0.469. The summed E-state index contributed by atoms with van der Waals surface area (Å²) >= 11 is 0. The number of aromatic nitrogens is 3. The second-order valence-corrected chi connectivity index (χ2v) is 5.33. The number of benzene rings is 2. The zero-order chi connectivity index (χ0) is 17.6. The third-order valence-corrected chi connectivity index (χ3v) is 3.51. The number of hydrogen-bond donors (Lipinski definition) is 0. The number of hydrogen-bond acceptors (Lipinski definition) is 5. The van der Waals surface area contributed by atoms with Gasteiger partial charge in [-0.1, -0.05) is 41.6 Å². The topological polar surface area (TPSA) is 90.9 Å². The Morgan fingerprint density at radius 1 is 1.12 bits per heavy atom. The van der Waals surface area contributed by atoms with Gasteiger partial charge in [-0.05, 0) is 29.3 Å². The molecule has 3 rings (SSSR count). The number of allylic oxidation sites excluding steroid dienone is 1. The second kappa shape index (κ2) is 7.31. The van der Waals surface area contributed by atoms with Crippen LogP contribution in [0.2, 0.25) is 0 Å². The predicted molar refractivity (Wildman–Crippen MR) is 92.0 cm³/mol. The van der Waals surface area contributed by atoms with Crippen LogP contribution < -0.4 is 0 Å². The summed E-state index contributed by atoms with van der Waals surface area (Å²) < 4.78 is 1.60. The molecule has 3 aromatic rings. The second-order valence-electron chi connectivity index (χ2n) is 5.33. The van der Waals surface area contributed by atoms with Gasteiger partial charge in [0.05, 0.1) is 17.7 Å². The Hall–Kier alpha value is -3.61. The number of nitro groups is 1. The molecule has 0 saturated carbocycles. The lowest BCUT2D eigenvalue weighted by Crippen LogP contribution is -2.00. The fraction of sp³-hybridized carbons (Fsp3) is 0.0556. The molecule has 1 heterocycles. The van der Waals surface area contributed by atoms with Gasteiger partial charge in [0.1, 0.15) is 0 Å². The molecule has 0 atom stereocenters. The smallest absolute Gasteiger partial charge is 0.269 e. The van der Waals surface area contributed by atoms with Crippen molar-refractivity contribution < 1.29 is 9.72 Å². The predicted octanol–water partition coefficient (Wildman–Crippen LogP) is 3.13. The highest BCUT2D eigenvalue weighted by Gasteiger charge is 2.08. The molecule has 25 heavy (non-hydrogen) atoms. The van der Waals surface area contributed by atoms with Crippen molar-refractivity contribution in [2.45, 2.75) is 6.54 Å². The van der Waals surface area contributed by atoms with Gasteiger partial charge in [-0.2, -0.15) is 0 Å². The monoisotopic (exact) mass is 334 g/mol. The van der Waals surface area contributed by atoms with Gasteiger partial charge in [-0.25, -0.2) is 4.68 Å². The maximum atomic E-state index is 12.1. The first kappa shape index (κ1) is 16.3. The number of non-ortho nitro benzene ring substituents is 1. The summed E-state index contributed by atoms with van der Waals surface area (Å²) in [7, 11) is 0. The van der Waals surface area contributed by atoms with Crippen molar-refractivity contribution in [3.63, 3.8) is 0 Å². The van der Waals surface area contributed by atoms with Crippen molar-refractivity contribution in [2.24, 2.45) is 0 Å². The van der Waals surface area contributed by atoms with E-state index in [-0.39, 0.29) is 17.2 Å². The van der Waals surface area contributed by atoms with Crippen LogP contribution in [0.15, 0.2) is 66.9 Å². The largest absolute Gasteiger partial charge is 0.287 e. The van der Waals surface area contributed by atoms with Gasteiger partial charge >= 0.3 is 0 Å². The summed E-state index contributed by atoms with van der Waals surface area (Å²) in [5.74, 6) is -0.280.